The number of nitrogens with two attached hydrogens (primary N) is 2. The van der Waals surface area contributed by atoms with Crippen molar-refractivity contribution in [2.24, 2.45) is 10.9 Å². The number of amides is 2. The van der Waals surface area contributed by atoms with Gasteiger partial charge in [-0.05, 0) is 32.9 Å². The Balaban J connectivity index is 1.33. The molecule has 1 fully saturated rings. The number of carbonyl (C=O) groups is 2. The van der Waals surface area contributed by atoms with E-state index in [1.165, 1.54) is 19.2 Å². The van der Waals surface area contributed by atoms with Gasteiger partial charge in [0.05, 0.1) is 18.3 Å². The normalized spacial score (nSPS) is 16.7. The van der Waals surface area contributed by atoms with Crippen LogP contribution in [0.3, 0.4) is 0 Å². The molecule has 1 saturated heterocycles. The van der Waals surface area contributed by atoms with Crippen LogP contribution in [0.2, 0.25) is 0 Å². The Morgan fingerprint density at radius 1 is 1.33 bits per heavy atom. The number of hydrogen-bond donors (Lipinski definition) is 4. The molecule has 17 nitrogen and oxygen atoms in total. The van der Waals surface area contributed by atoms with Gasteiger partial charge in [-0.3, -0.25) is 14.1 Å². The van der Waals surface area contributed by atoms with Gasteiger partial charge in [0.15, 0.2) is 17.5 Å². The molecule has 0 aromatic carbocycles. The molecule has 4 rings (SSSR count). The van der Waals surface area contributed by atoms with Gasteiger partial charge in [0.25, 0.3) is 11.8 Å². The number of β-lactam (4-membered cyclic amide) rings is 1. The number of aromatic nitrogens is 4. The molecule has 3 aromatic heterocycles. The van der Waals surface area contributed by atoms with Crippen LogP contribution in [-0.4, -0.2) is 81.4 Å². The Morgan fingerprint density at radius 3 is 2.74 bits per heavy atom. The van der Waals surface area contributed by atoms with Crippen molar-refractivity contribution in [1.29, 1.82) is 0 Å². The Hall–Kier alpha value is -4.17. The minimum absolute atomic E-state index is 0.0548. The number of carbonyl (C=O) groups excluding carboxylic acids is 2. The van der Waals surface area contributed by atoms with Crippen molar-refractivity contribution in [3.05, 3.63) is 48.1 Å². The predicted molar refractivity (Wildman–Crippen MR) is 147 cm³/mol. The van der Waals surface area contributed by atoms with E-state index < -0.39 is 33.8 Å². The molecule has 1 aliphatic heterocycles. The minimum atomic E-state index is -4.95. The monoisotopic (exact) mass is 624 g/mol. The fourth-order valence-electron chi connectivity index (χ4n) is 3.87. The third-order valence-electron chi connectivity index (χ3n) is 6.00. The van der Waals surface area contributed by atoms with Gasteiger partial charge < -0.3 is 26.4 Å². The standard InChI is InChI=1S/C23H29N9O8S2/c1-23(2)19(21(34)32(23)40-42(35,36)37)28-20(33)18(16-13-41-22(25)27-16)29-39-11-10-38-15-4-5-17(26-12-15)31-9-8-30(14-31)7-3-6-24/h4-5,8-9,12-14,19H,3,6-7,10-11,24H2,1-2H3,(H3-,25,27,28,33,35,36,37)/p+1. The Labute approximate surface area is 244 Å². The average Bonchev–Trinajstić information content (AvgIpc) is 3.60. The first-order chi connectivity index (χ1) is 19.9. The van der Waals surface area contributed by atoms with Gasteiger partial charge in [-0.15, -0.1) is 15.6 Å². The first-order valence-corrected chi connectivity index (χ1v) is 14.7. The highest BCUT2D eigenvalue weighted by molar-refractivity contribution is 7.80. The number of anilines is 1. The molecule has 0 bridgehead atoms. The van der Waals surface area contributed by atoms with Crippen molar-refractivity contribution in [2.45, 2.75) is 38.4 Å². The molecule has 0 spiro atoms. The second-order valence-corrected chi connectivity index (χ2v) is 11.3. The number of hydrogen-bond acceptors (Lipinski definition) is 13. The van der Waals surface area contributed by atoms with E-state index in [0.29, 0.717) is 23.2 Å². The molecule has 6 N–H and O–H groups in total. The fraction of sp³-hybridized carbons (Fsp3) is 0.391. The van der Waals surface area contributed by atoms with E-state index in [2.05, 4.69) is 24.7 Å². The summed E-state index contributed by atoms with van der Waals surface area (Å²) in [6.07, 6.45) is 8.18. The highest BCUT2D eigenvalue weighted by Crippen LogP contribution is 2.33. The van der Waals surface area contributed by atoms with Crippen LogP contribution >= 0.6 is 11.3 Å². The number of hydroxylamine groups is 2. The molecule has 42 heavy (non-hydrogen) atoms. The number of oxime groups is 1. The second-order valence-electron chi connectivity index (χ2n) is 9.44. The number of thiazole rings is 1. The molecule has 0 saturated carbocycles. The predicted octanol–water partition coefficient (Wildman–Crippen LogP) is -0.813. The van der Waals surface area contributed by atoms with Crippen LogP contribution < -0.4 is 26.1 Å². The summed E-state index contributed by atoms with van der Waals surface area (Å²) in [6, 6.07) is 2.34. The number of imidazole rings is 1. The van der Waals surface area contributed by atoms with Crippen LogP contribution in [0.25, 0.3) is 5.82 Å². The van der Waals surface area contributed by atoms with E-state index in [1.54, 1.807) is 18.3 Å². The van der Waals surface area contributed by atoms with E-state index in [1.807, 2.05) is 27.9 Å². The molecule has 4 heterocycles. The van der Waals surface area contributed by atoms with Gasteiger partial charge >= 0.3 is 10.4 Å². The SMILES string of the molecule is CC1(C)C(NC(=O)C(=NOCCOc2ccc(-n3cc[n+](CCCN)c3)nc2)c2csc(N)n2)C(=O)N1OS(=O)(=O)O. The maximum Gasteiger partial charge on any atom is 0.418 e. The van der Waals surface area contributed by atoms with E-state index in [-0.39, 0.29) is 29.8 Å². The Bertz CT molecular complexity index is 1550. The molecule has 1 aliphatic rings. The number of nitrogens with zero attached hydrogens (tertiary/aromatic N) is 6. The van der Waals surface area contributed by atoms with Crippen LogP contribution in [0, 0.1) is 0 Å². The van der Waals surface area contributed by atoms with Gasteiger partial charge in [-0.1, -0.05) is 5.16 Å². The Morgan fingerprint density at radius 2 is 2.12 bits per heavy atom. The van der Waals surface area contributed by atoms with Gasteiger partial charge in [0.1, 0.15) is 36.5 Å². The fourth-order valence-corrected chi connectivity index (χ4v) is 4.88. The van der Waals surface area contributed by atoms with Crippen LogP contribution in [0.1, 0.15) is 26.0 Å². The second kappa shape index (κ2) is 12.8. The van der Waals surface area contributed by atoms with Crippen LogP contribution in [0.15, 0.2) is 47.6 Å². The summed E-state index contributed by atoms with van der Waals surface area (Å²) < 4.78 is 44.8. The number of pyridine rings is 1. The zero-order valence-corrected chi connectivity index (χ0v) is 24.2. The lowest BCUT2D eigenvalue weighted by molar-refractivity contribution is -0.696. The highest BCUT2D eigenvalue weighted by atomic mass is 32.3. The molecular weight excluding hydrogens is 594 g/mol. The van der Waals surface area contributed by atoms with Crippen molar-refractivity contribution < 1.29 is 41.0 Å². The summed E-state index contributed by atoms with van der Waals surface area (Å²) in [5, 5.41) is 8.42. The number of rotatable bonds is 14. The summed E-state index contributed by atoms with van der Waals surface area (Å²) in [4.78, 5) is 39.2. The molecule has 19 heteroatoms. The van der Waals surface area contributed by atoms with Gasteiger partial charge in [-0.25, -0.2) is 14.5 Å². The number of nitrogen functional groups attached to an aromatic ring is 1. The van der Waals surface area contributed by atoms with E-state index >= 15 is 0 Å². The molecule has 0 radical (unpaired) electrons. The number of nitrogens with one attached hydrogen (secondary N) is 1. The van der Waals surface area contributed by atoms with E-state index in [4.69, 9.17) is 25.6 Å². The zero-order valence-electron chi connectivity index (χ0n) is 22.6. The van der Waals surface area contributed by atoms with Gasteiger partial charge in [-0.2, -0.15) is 18.0 Å². The third kappa shape index (κ3) is 7.36. The summed E-state index contributed by atoms with van der Waals surface area (Å²) in [6.45, 7) is 4.29. The summed E-state index contributed by atoms with van der Waals surface area (Å²) in [7, 11) is -4.95. The van der Waals surface area contributed by atoms with Crippen LogP contribution in [0.5, 0.6) is 5.75 Å². The Kier molecular flexibility index (Phi) is 9.36. The maximum atomic E-state index is 13.0. The van der Waals surface area contributed by atoms with Crippen molar-refractivity contribution in [3.8, 4) is 11.6 Å². The lowest BCUT2D eigenvalue weighted by Crippen LogP contribution is -2.76. The lowest BCUT2D eigenvalue weighted by atomic mass is 9.84. The summed E-state index contributed by atoms with van der Waals surface area (Å²) >= 11 is 1.06. The number of aryl methyl sites for hydroxylation is 1. The van der Waals surface area contributed by atoms with Crippen molar-refractivity contribution in [3.63, 3.8) is 0 Å². The lowest BCUT2D eigenvalue weighted by Gasteiger charge is -2.50. The number of ether oxygens (including phenoxy) is 1. The zero-order chi connectivity index (χ0) is 30.5. The topological polar surface area (TPSA) is 230 Å². The highest BCUT2D eigenvalue weighted by Gasteiger charge is 2.58. The molecule has 0 aliphatic carbocycles. The van der Waals surface area contributed by atoms with Gasteiger partial charge in [0.2, 0.25) is 12.1 Å². The molecule has 1 unspecified atom stereocenters. The van der Waals surface area contributed by atoms with Crippen molar-refractivity contribution >= 4 is 44.4 Å². The van der Waals surface area contributed by atoms with Gasteiger partial charge in [0, 0.05) is 11.4 Å². The van der Waals surface area contributed by atoms with E-state index in [9.17, 15) is 18.0 Å². The largest absolute Gasteiger partial charge is 0.488 e. The molecule has 226 valence electrons. The van der Waals surface area contributed by atoms with Crippen LogP contribution in [-0.2, 0) is 35.7 Å². The van der Waals surface area contributed by atoms with E-state index in [0.717, 1.165) is 24.3 Å². The maximum absolute atomic E-state index is 13.0. The quantitative estimate of drug-likeness (QED) is 0.0431. The van der Waals surface area contributed by atoms with Crippen molar-refractivity contribution in [1.82, 2.24) is 24.9 Å². The first-order valence-electron chi connectivity index (χ1n) is 12.5. The average molecular weight is 625 g/mol. The van der Waals surface area contributed by atoms with Crippen LogP contribution in [0.4, 0.5) is 5.13 Å². The third-order valence-corrected chi connectivity index (χ3v) is 7.01. The summed E-state index contributed by atoms with van der Waals surface area (Å²) in [5.41, 5.74) is 9.76. The summed E-state index contributed by atoms with van der Waals surface area (Å²) in [5.74, 6) is -0.552. The first kappa shape index (κ1) is 30.8. The minimum Gasteiger partial charge on any atom is -0.488 e. The smallest absolute Gasteiger partial charge is 0.418 e. The molecular formula is C23H30N9O8S2+. The van der Waals surface area contributed by atoms with Crippen molar-refractivity contribution in [2.75, 3.05) is 25.5 Å². The molecule has 2 amide bonds. The molecule has 3 aromatic rings. The molecule has 1 atom stereocenters.